The summed E-state index contributed by atoms with van der Waals surface area (Å²) in [5.74, 6) is 0. The quantitative estimate of drug-likeness (QED) is 0.551. The molecule has 0 aromatic rings. The fourth-order valence-electron chi connectivity index (χ4n) is 1.06. The maximum absolute atomic E-state index is 1.50. The molecule has 1 saturated carbocycles. The molecule has 8 heavy (non-hydrogen) atoms. The van der Waals surface area contributed by atoms with Crippen molar-refractivity contribution >= 4 is 23.9 Å². The van der Waals surface area contributed by atoms with Gasteiger partial charge in [-0.15, -0.1) is 0 Å². The molecule has 0 atom stereocenters. The SMILES string of the molecule is C1CCCCC1.F.[Sn]. The Morgan fingerprint density at radius 3 is 0.750 bits per heavy atom. The summed E-state index contributed by atoms with van der Waals surface area (Å²) >= 11 is 0. The van der Waals surface area contributed by atoms with E-state index >= 15 is 0 Å². The summed E-state index contributed by atoms with van der Waals surface area (Å²) < 4.78 is 0. The van der Waals surface area contributed by atoms with Gasteiger partial charge in [-0.2, -0.15) is 0 Å². The van der Waals surface area contributed by atoms with Gasteiger partial charge in [0.05, 0.1) is 0 Å². The predicted molar refractivity (Wildman–Crippen MR) is 36.0 cm³/mol. The van der Waals surface area contributed by atoms with Gasteiger partial charge in [0, 0.05) is 23.9 Å². The van der Waals surface area contributed by atoms with Crippen molar-refractivity contribution in [2.75, 3.05) is 0 Å². The van der Waals surface area contributed by atoms with Gasteiger partial charge in [0.15, 0.2) is 0 Å². The Balaban J connectivity index is 0. The molecule has 0 unspecified atom stereocenters. The van der Waals surface area contributed by atoms with Gasteiger partial charge in [-0.05, 0) is 0 Å². The molecular formula is C6H13FSn. The van der Waals surface area contributed by atoms with E-state index in [1.54, 1.807) is 0 Å². The van der Waals surface area contributed by atoms with Crippen molar-refractivity contribution in [1.82, 2.24) is 0 Å². The Labute approximate surface area is 67.4 Å². The van der Waals surface area contributed by atoms with E-state index in [2.05, 4.69) is 0 Å². The average Bonchev–Trinajstić information content (AvgIpc) is 1.72. The standard InChI is InChI=1S/C6H12.FH.Sn/c1-2-4-6-5-3-1;;/h1-6H2;1H;. The maximum Gasteiger partial charge on any atom is 0 e. The van der Waals surface area contributed by atoms with Gasteiger partial charge < -0.3 is 0 Å². The summed E-state index contributed by atoms with van der Waals surface area (Å²) in [6, 6.07) is 0. The van der Waals surface area contributed by atoms with E-state index in [0.29, 0.717) is 0 Å². The van der Waals surface area contributed by atoms with Crippen molar-refractivity contribution in [1.29, 1.82) is 0 Å². The summed E-state index contributed by atoms with van der Waals surface area (Å²) in [7, 11) is 0. The van der Waals surface area contributed by atoms with Gasteiger partial charge in [-0.25, -0.2) is 0 Å². The van der Waals surface area contributed by atoms with Crippen LogP contribution in [0.15, 0.2) is 0 Å². The van der Waals surface area contributed by atoms with Gasteiger partial charge in [0.1, 0.15) is 0 Å². The molecule has 0 spiro atoms. The minimum Gasteiger partial charge on any atom is -0.269 e. The first-order valence-corrected chi connectivity index (χ1v) is 3.00. The summed E-state index contributed by atoms with van der Waals surface area (Å²) in [5, 5.41) is 0. The van der Waals surface area contributed by atoms with Crippen LogP contribution in [-0.2, 0) is 0 Å². The van der Waals surface area contributed by atoms with Crippen LogP contribution < -0.4 is 0 Å². The van der Waals surface area contributed by atoms with Crippen LogP contribution in [0.25, 0.3) is 0 Å². The molecule has 2 heteroatoms. The van der Waals surface area contributed by atoms with Crippen LogP contribution in [0.3, 0.4) is 0 Å². The monoisotopic (exact) mass is 224 g/mol. The normalized spacial score (nSPS) is 18.0. The first kappa shape index (κ1) is 11.5. The summed E-state index contributed by atoms with van der Waals surface area (Å²) in [4.78, 5) is 0. The Bertz CT molecular complexity index is 24.0. The molecule has 48 valence electrons. The zero-order chi connectivity index (χ0) is 4.24. The summed E-state index contributed by atoms with van der Waals surface area (Å²) in [6.45, 7) is 0. The zero-order valence-electron chi connectivity index (χ0n) is 5.15. The zero-order valence-corrected chi connectivity index (χ0v) is 8.00. The molecule has 0 aliphatic heterocycles. The molecule has 0 amide bonds. The van der Waals surface area contributed by atoms with Crippen molar-refractivity contribution in [3.8, 4) is 0 Å². The molecule has 0 N–H and O–H groups in total. The Kier molecular flexibility index (Phi) is 11.1. The second-order valence-corrected chi connectivity index (χ2v) is 2.12. The number of hydrogen-bond donors (Lipinski definition) is 0. The van der Waals surface area contributed by atoms with Crippen LogP contribution in [0.4, 0.5) is 4.70 Å². The van der Waals surface area contributed by atoms with Crippen LogP contribution in [0, 0.1) is 0 Å². The molecule has 0 bridgehead atoms. The second-order valence-electron chi connectivity index (χ2n) is 2.12. The van der Waals surface area contributed by atoms with Gasteiger partial charge >= 0.3 is 0 Å². The third-order valence-electron chi connectivity index (χ3n) is 1.50. The van der Waals surface area contributed by atoms with Crippen LogP contribution in [-0.4, -0.2) is 23.9 Å². The topological polar surface area (TPSA) is 0 Å². The van der Waals surface area contributed by atoms with Crippen LogP contribution >= 0.6 is 0 Å². The molecule has 0 saturated heterocycles. The molecule has 0 aromatic heterocycles. The van der Waals surface area contributed by atoms with Crippen LogP contribution in [0.5, 0.6) is 0 Å². The van der Waals surface area contributed by atoms with Crippen LogP contribution in [0.2, 0.25) is 0 Å². The van der Waals surface area contributed by atoms with Crippen molar-refractivity contribution in [2.45, 2.75) is 38.5 Å². The molecule has 4 radical (unpaired) electrons. The largest absolute Gasteiger partial charge is 0.269 e. The van der Waals surface area contributed by atoms with E-state index in [1.165, 1.54) is 38.5 Å². The molecule has 1 aliphatic rings. The number of hydrogen-bond acceptors (Lipinski definition) is 0. The first-order valence-electron chi connectivity index (χ1n) is 3.00. The van der Waals surface area contributed by atoms with Crippen molar-refractivity contribution in [3.63, 3.8) is 0 Å². The minimum atomic E-state index is 0. The molecule has 1 rings (SSSR count). The van der Waals surface area contributed by atoms with E-state index in [9.17, 15) is 0 Å². The van der Waals surface area contributed by atoms with Crippen molar-refractivity contribution < 1.29 is 4.70 Å². The smallest absolute Gasteiger partial charge is 0 e. The van der Waals surface area contributed by atoms with Crippen molar-refractivity contribution in [2.24, 2.45) is 0 Å². The first-order chi connectivity index (χ1) is 3.00. The minimum absolute atomic E-state index is 0. The van der Waals surface area contributed by atoms with E-state index < -0.39 is 0 Å². The predicted octanol–water partition coefficient (Wildman–Crippen LogP) is 2.11. The third kappa shape index (κ3) is 4.88. The molecule has 1 fully saturated rings. The second kappa shape index (κ2) is 7.73. The number of rotatable bonds is 0. The summed E-state index contributed by atoms with van der Waals surface area (Å²) in [5.41, 5.74) is 0. The fourth-order valence-corrected chi connectivity index (χ4v) is 1.06. The fraction of sp³-hybridized carbons (Fsp3) is 1.00. The molecular weight excluding hydrogens is 210 g/mol. The summed E-state index contributed by atoms with van der Waals surface area (Å²) in [6.07, 6.45) is 9.00. The van der Waals surface area contributed by atoms with E-state index in [-0.39, 0.29) is 28.6 Å². The average molecular weight is 223 g/mol. The van der Waals surface area contributed by atoms with E-state index in [4.69, 9.17) is 0 Å². The van der Waals surface area contributed by atoms with Gasteiger partial charge in [-0.3, -0.25) is 4.70 Å². The van der Waals surface area contributed by atoms with Crippen molar-refractivity contribution in [3.05, 3.63) is 0 Å². The van der Waals surface area contributed by atoms with E-state index in [0.717, 1.165) is 0 Å². The number of halogens is 1. The van der Waals surface area contributed by atoms with Gasteiger partial charge in [0.2, 0.25) is 0 Å². The van der Waals surface area contributed by atoms with E-state index in [1.807, 2.05) is 0 Å². The van der Waals surface area contributed by atoms with Gasteiger partial charge in [-0.1, -0.05) is 38.5 Å². The third-order valence-corrected chi connectivity index (χ3v) is 1.50. The Hall–Kier alpha value is 0.729. The molecule has 0 nitrogen and oxygen atoms in total. The maximum atomic E-state index is 1.50. The van der Waals surface area contributed by atoms with Crippen LogP contribution in [0.1, 0.15) is 38.5 Å². The molecule has 0 aromatic carbocycles. The Morgan fingerprint density at radius 1 is 0.500 bits per heavy atom. The Morgan fingerprint density at radius 2 is 0.625 bits per heavy atom. The molecule has 1 aliphatic carbocycles. The van der Waals surface area contributed by atoms with Gasteiger partial charge in [0.25, 0.3) is 0 Å². The molecule has 0 heterocycles.